The van der Waals surface area contributed by atoms with Crippen LogP contribution >= 0.6 is 23.1 Å². The van der Waals surface area contributed by atoms with E-state index >= 15 is 0 Å². The molecule has 0 aliphatic rings. The van der Waals surface area contributed by atoms with Crippen LogP contribution < -0.4 is 11.3 Å². The minimum absolute atomic E-state index is 0.230. The van der Waals surface area contributed by atoms with Gasteiger partial charge in [-0.25, -0.2) is 4.79 Å². The molecule has 2 N–H and O–H groups in total. The summed E-state index contributed by atoms with van der Waals surface area (Å²) in [5.74, 6) is 0.271. The number of aromatic nitrogens is 3. The molecule has 0 saturated heterocycles. The van der Waals surface area contributed by atoms with E-state index in [0.29, 0.717) is 28.6 Å². The van der Waals surface area contributed by atoms with E-state index < -0.39 is 5.76 Å². The standard InChI is InChI=1S/C20H14N4O3S2/c21-10-16-14(8-15-5-2-6-28-15)9-17(25)22-19(16)29-11-12-3-1-4-13(7-12)18-23-20(26)27-24-18/h1-7,9H,8,11H2,(H,22,25)(H,23,24,26). The molecule has 0 spiro atoms. The Labute approximate surface area is 173 Å². The normalized spacial score (nSPS) is 10.7. The van der Waals surface area contributed by atoms with Gasteiger partial charge >= 0.3 is 5.76 Å². The summed E-state index contributed by atoms with van der Waals surface area (Å²) in [6.07, 6.45) is 0.549. The molecular formula is C20H14N4O3S2. The van der Waals surface area contributed by atoms with Gasteiger partial charge in [-0.1, -0.05) is 29.4 Å². The minimum Gasteiger partial charge on any atom is -0.316 e. The summed E-state index contributed by atoms with van der Waals surface area (Å²) < 4.78 is 4.55. The molecule has 0 fully saturated rings. The monoisotopic (exact) mass is 422 g/mol. The first-order chi connectivity index (χ1) is 14.1. The number of benzene rings is 1. The Hall–Kier alpha value is -3.35. The summed E-state index contributed by atoms with van der Waals surface area (Å²) >= 11 is 2.98. The van der Waals surface area contributed by atoms with Gasteiger partial charge in [-0.15, -0.1) is 23.1 Å². The highest BCUT2D eigenvalue weighted by Gasteiger charge is 2.13. The van der Waals surface area contributed by atoms with Gasteiger partial charge in [0, 0.05) is 28.7 Å². The number of pyridine rings is 1. The van der Waals surface area contributed by atoms with Crippen LogP contribution in [0.15, 0.2) is 67.0 Å². The Morgan fingerprint density at radius 2 is 2.07 bits per heavy atom. The molecule has 0 radical (unpaired) electrons. The minimum atomic E-state index is -0.612. The highest BCUT2D eigenvalue weighted by molar-refractivity contribution is 7.98. The average Bonchev–Trinajstić information content (AvgIpc) is 3.38. The van der Waals surface area contributed by atoms with E-state index in [1.165, 1.54) is 17.8 Å². The van der Waals surface area contributed by atoms with Crippen molar-refractivity contribution in [1.82, 2.24) is 15.1 Å². The molecule has 3 aromatic heterocycles. The van der Waals surface area contributed by atoms with E-state index in [4.69, 9.17) is 0 Å². The van der Waals surface area contributed by atoms with Crippen LogP contribution in [0.2, 0.25) is 0 Å². The van der Waals surface area contributed by atoms with Gasteiger partial charge in [-0.2, -0.15) is 5.26 Å². The summed E-state index contributed by atoms with van der Waals surface area (Å²) in [5, 5.41) is 15.9. The maximum atomic E-state index is 12.1. The molecule has 0 aliphatic carbocycles. The topological polar surface area (TPSA) is 116 Å². The van der Waals surface area contributed by atoms with Crippen molar-refractivity contribution in [3.8, 4) is 17.5 Å². The second kappa shape index (κ2) is 8.34. The van der Waals surface area contributed by atoms with Gasteiger partial charge in [0.1, 0.15) is 6.07 Å². The van der Waals surface area contributed by atoms with Crippen molar-refractivity contribution < 1.29 is 4.52 Å². The lowest BCUT2D eigenvalue weighted by molar-refractivity contribution is 0.388. The van der Waals surface area contributed by atoms with Crippen LogP contribution in [0, 0.1) is 11.3 Å². The third-order valence-electron chi connectivity index (χ3n) is 4.17. The van der Waals surface area contributed by atoms with E-state index in [9.17, 15) is 14.9 Å². The second-order valence-corrected chi connectivity index (χ2v) is 8.18. The summed E-state index contributed by atoms with van der Waals surface area (Å²) in [6.45, 7) is 0. The number of nitrogens with one attached hydrogen (secondary N) is 2. The summed E-state index contributed by atoms with van der Waals surface area (Å²) in [4.78, 5) is 29.7. The zero-order valence-corrected chi connectivity index (χ0v) is 16.6. The van der Waals surface area contributed by atoms with Crippen LogP contribution in [0.25, 0.3) is 11.4 Å². The number of thiophene rings is 1. The summed E-state index contributed by atoms with van der Waals surface area (Å²) in [6, 6.07) is 15.1. The zero-order chi connectivity index (χ0) is 20.2. The average molecular weight is 422 g/mol. The van der Waals surface area contributed by atoms with Crippen LogP contribution in [0.1, 0.15) is 21.6 Å². The SMILES string of the molecule is N#Cc1c(Cc2cccs2)cc(=O)[nH]c1SCc1cccc(-c2noc(=O)[nH]2)c1. The molecule has 7 nitrogen and oxygen atoms in total. The van der Waals surface area contributed by atoms with Gasteiger partial charge in [-0.3, -0.25) is 14.3 Å². The third-order valence-corrected chi connectivity index (χ3v) is 6.12. The van der Waals surface area contributed by atoms with Crippen molar-refractivity contribution in [3.05, 3.63) is 90.3 Å². The number of hydrogen-bond acceptors (Lipinski definition) is 7. The molecule has 4 aromatic rings. The fraction of sp³-hybridized carbons (Fsp3) is 0.100. The molecule has 144 valence electrons. The Morgan fingerprint density at radius 1 is 1.17 bits per heavy atom. The predicted octanol–water partition coefficient (Wildman–Crippen LogP) is 3.53. The van der Waals surface area contributed by atoms with Gasteiger partial charge in [0.25, 0.3) is 0 Å². The third kappa shape index (κ3) is 4.39. The molecule has 0 amide bonds. The van der Waals surface area contributed by atoms with E-state index in [1.54, 1.807) is 11.3 Å². The van der Waals surface area contributed by atoms with Gasteiger partial charge in [0.2, 0.25) is 5.56 Å². The number of rotatable bonds is 6. The number of nitrogens with zero attached hydrogens (tertiary/aromatic N) is 2. The van der Waals surface area contributed by atoms with Crippen molar-refractivity contribution in [1.29, 1.82) is 5.26 Å². The summed E-state index contributed by atoms with van der Waals surface area (Å²) in [5.41, 5.74) is 2.64. The van der Waals surface area contributed by atoms with Crippen LogP contribution in [-0.4, -0.2) is 15.1 Å². The summed E-state index contributed by atoms with van der Waals surface area (Å²) in [7, 11) is 0. The Morgan fingerprint density at radius 3 is 2.79 bits per heavy atom. The van der Waals surface area contributed by atoms with Gasteiger partial charge in [0.05, 0.1) is 10.6 Å². The Balaban J connectivity index is 1.58. The number of nitriles is 1. The zero-order valence-electron chi connectivity index (χ0n) is 15.0. The van der Waals surface area contributed by atoms with Crippen molar-refractivity contribution in [2.75, 3.05) is 0 Å². The molecule has 1 aromatic carbocycles. The molecule has 3 heterocycles. The van der Waals surface area contributed by atoms with Crippen LogP contribution in [0.5, 0.6) is 0 Å². The van der Waals surface area contributed by atoms with Crippen molar-refractivity contribution >= 4 is 23.1 Å². The van der Waals surface area contributed by atoms with E-state index in [0.717, 1.165) is 21.6 Å². The Bertz CT molecular complexity index is 1300. The molecule has 9 heteroatoms. The van der Waals surface area contributed by atoms with Crippen molar-refractivity contribution in [3.63, 3.8) is 0 Å². The molecule has 4 rings (SSSR count). The van der Waals surface area contributed by atoms with Crippen molar-refractivity contribution in [2.24, 2.45) is 0 Å². The maximum Gasteiger partial charge on any atom is 0.439 e. The lowest BCUT2D eigenvalue weighted by atomic mass is 10.1. The number of hydrogen-bond donors (Lipinski definition) is 2. The highest BCUT2D eigenvalue weighted by atomic mass is 32.2. The fourth-order valence-electron chi connectivity index (χ4n) is 2.88. The van der Waals surface area contributed by atoms with Crippen LogP contribution in [-0.2, 0) is 12.2 Å². The van der Waals surface area contributed by atoms with Gasteiger partial charge in [-0.05, 0) is 28.6 Å². The molecule has 0 atom stereocenters. The molecule has 29 heavy (non-hydrogen) atoms. The fourth-order valence-corrected chi connectivity index (χ4v) is 4.59. The first kappa shape index (κ1) is 19.0. The number of aromatic amines is 2. The number of thioether (sulfide) groups is 1. The largest absolute Gasteiger partial charge is 0.439 e. The van der Waals surface area contributed by atoms with Crippen LogP contribution in [0.3, 0.4) is 0 Å². The van der Waals surface area contributed by atoms with E-state index in [1.807, 2.05) is 41.8 Å². The molecule has 0 aliphatic heterocycles. The smallest absolute Gasteiger partial charge is 0.316 e. The van der Waals surface area contributed by atoms with Gasteiger partial charge < -0.3 is 4.98 Å². The second-order valence-electron chi connectivity index (χ2n) is 6.16. The molecular weight excluding hydrogens is 408 g/mol. The van der Waals surface area contributed by atoms with Crippen molar-refractivity contribution in [2.45, 2.75) is 17.2 Å². The maximum absolute atomic E-state index is 12.1. The van der Waals surface area contributed by atoms with E-state index in [-0.39, 0.29) is 5.56 Å². The highest BCUT2D eigenvalue weighted by Crippen LogP contribution is 2.28. The lowest BCUT2D eigenvalue weighted by Crippen LogP contribution is -2.10. The molecule has 0 unspecified atom stereocenters. The lowest BCUT2D eigenvalue weighted by Gasteiger charge is -2.09. The number of H-pyrrole nitrogens is 2. The Kier molecular flexibility index (Phi) is 5.46. The van der Waals surface area contributed by atoms with Crippen LogP contribution in [0.4, 0.5) is 0 Å². The predicted molar refractivity (Wildman–Crippen MR) is 111 cm³/mol. The first-order valence-corrected chi connectivity index (χ1v) is 10.5. The van der Waals surface area contributed by atoms with E-state index in [2.05, 4.69) is 25.7 Å². The quantitative estimate of drug-likeness (QED) is 0.459. The first-order valence-electron chi connectivity index (χ1n) is 8.59. The molecule has 0 bridgehead atoms. The van der Waals surface area contributed by atoms with Gasteiger partial charge in [0.15, 0.2) is 5.82 Å². The molecule has 0 saturated carbocycles.